The molecule has 6 heteroatoms. The van der Waals surface area contributed by atoms with Crippen molar-refractivity contribution in [3.05, 3.63) is 73.2 Å². The van der Waals surface area contributed by atoms with Crippen LogP contribution in [-0.2, 0) is 4.79 Å². The first-order chi connectivity index (χ1) is 15.8. The molecule has 4 aromatic rings. The van der Waals surface area contributed by atoms with Gasteiger partial charge in [-0.1, -0.05) is 42.5 Å². The summed E-state index contributed by atoms with van der Waals surface area (Å²) in [6, 6.07) is 20.5. The lowest BCUT2D eigenvalue weighted by Crippen LogP contribution is -2.37. The van der Waals surface area contributed by atoms with Crippen LogP contribution in [-0.4, -0.2) is 40.4 Å². The molecule has 1 atom stereocenters. The van der Waals surface area contributed by atoms with E-state index in [4.69, 9.17) is 0 Å². The second-order valence-corrected chi connectivity index (χ2v) is 8.43. The number of H-pyrrole nitrogens is 1. The molecular weight excluding hydrogens is 398 g/mol. The molecule has 1 aliphatic rings. The lowest BCUT2D eigenvalue weighted by Gasteiger charge is -2.33. The fourth-order valence-corrected chi connectivity index (χ4v) is 4.57. The smallest absolute Gasteiger partial charge is 0.152 e. The van der Waals surface area contributed by atoms with E-state index in [1.807, 2.05) is 42.6 Å². The van der Waals surface area contributed by atoms with Gasteiger partial charge in [0, 0.05) is 31.4 Å². The number of aromatic amines is 1. The molecule has 32 heavy (non-hydrogen) atoms. The van der Waals surface area contributed by atoms with Crippen molar-refractivity contribution < 1.29 is 4.79 Å². The summed E-state index contributed by atoms with van der Waals surface area (Å²) < 4.78 is 0. The van der Waals surface area contributed by atoms with Crippen LogP contribution in [0, 0.1) is 5.92 Å². The average molecular weight is 426 g/mol. The number of aromatic nitrogens is 3. The first kappa shape index (κ1) is 20.2. The molecule has 0 bridgehead atoms. The van der Waals surface area contributed by atoms with Gasteiger partial charge in [0.25, 0.3) is 0 Å². The zero-order chi connectivity index (χ0) is 21.8. The van der Waals surface area contributed by atoms with Crippen molar-refractivity contribution in [2.75, 3.05) is 29.9 Å². The maximum absolute atomic E-state index is 12.7. The van der Waals surface area contributed by atoms with Crippen LogP contribution in [0.15, 0.2) is 73.2 Å². The molecular formula is C26H27N5O. The molecule has 1 aliphatic heterocycles. The Morgan fingerprint density at radius 3 is 2.84 bits per heavy atom. The molecule has 0 saturated carbocycles. The number of nitrogens with zero attached hydrogens (tertiary/aromatic N) is 3. The van der Waals surface area contributed by atoms with Crippen molar-refractivity contribution in [3.8, 4) is 11.1 Å². The van der Waals surface area contributed by atoms with Crippen LogP contribution in [0.5, 0.6) is 0 Å². The number of carbonyl (C=O) groups excluding carboxylic acids is 1. The van der Waals surface area contributed by atoms with Crippen molar-refractivity contribution in [2.45, 2.75) is 19.3 Å². The summed E-state index contributed by atoms with van der Waals surface area (Å²) in [5.74, 6) is 1.55. The van der Waals surface area contributed by atoms with Crippen LogP contribution in [0.1, 0.15) is 19.3 Å². The minimum Gasteiger partial charge on any atom is -0.378 e. The molecule has 5 rings (SSSR count). The van der Waals surface area contributed by atoms with Gasteiger partial charge in [-0.25, -0.2) is 9.97 Å². The number of fused-ring (bicyclic) bond motifs is 1. The SMILES string of the molecule is O=C(CNc1cccc(-c2ccccc2)c1)CC1CCCN(c2ncnc3[nH]ccc23)C1. The Labute approximate surface area is 187 Å². The van der Waals surface area contributed by atoms with E-state index in [1.165, 1.54) is 5.56 Å². The lowest BCUT2D eigenvalue weighted by atomic mass is 9.92. The van der Waals surface area contributed by atoms with Gasteiger partial charge in [0.05, 0.1) is 11.9 Å². The van der Waals surface area contributed by atoms with Crippen LogP contribution in [0.4, 0.5) is 11.5 Å². The summed E-state index contributed by atoms with van der Waals surface area (Å²) >= 11 is 0. The Morgan fingerprint density at radius 2 is 1.94 bits per heavy atom. The van der Waals surface area contributed by atoms with Gasteiger partial charge in [0.15, 0.2) is 5.78 Å². The molecule has 2 aromatic carbocycles. The molecule has 2 N–H and O–H groups in total. The van der Waals surface area contributed by atoms with Gasteiger partial charge in [-0.05, 0) is 48.1 Å². The van der Waals surface area contributed by atoms with Gasteiger partial charge in [0.1, 0.15) is 17.8 Å². The van der Waals surface area contributed by atoms with E-state index in [0.29, 0.717) is 18.9 Å². The topological polar surface area (TPSA) is 73.9 Å². The van der Waals surface area contributed by atoms with Crippen molar-refractivity contribution in [1.29, 1.82) is 0 Å². The molecule has 6 nitrogen and oxygen atoms in total. The molecule has 162 valence electrons. The second-order valence-electron chi connectivity index (χ2n) is 8.43. The summed E-state index contributed by atoms with van der Waals surface area (Å²) in [6.07, 6.45) is 6.24. The fourth-order valence-electron chi connectivity index (χ4n) is 4.57. The number of Topliss-reactive ketones (excluding diaryl/α,β-unsaturated/α-hetero) is 1. The summed E-state index contributed by atoms with van der Waals surface area (Å²) in [6.45, 7) is 2.17. The standard InChI is InChI=1S/C26H27N5O/c32-23(16-28-22-10-4-9-21(15-22)20-7-2-1-3-8-20)14-19-6-5-13-31(17-19)26-24-11-12-27-25(24)29-18-30-26/h1-4,7-12,15,18-19,28H,5-6,13-14,16-17H2,(H,27,29,30). The number of nitrogens with one attached hydrogen (secondary N) is 2. The Balaban J connectivity index is 1.18. The van der Waals surface area contributed by atoms with Crippen molar-refractivity contribution in [2.24, 2.45) is 5.92 Å². The molecule has 1 saturated heterocycles. The minimum atomic E-state index is 0.247. The zero-order valence-electron chi connectivity index (χ0n) is 18.0. The van der Waals surface area contributed by atoms with E-state index in [9.17, 15) is 4.79 Å². The number of hydrogen-bond donors (Lipinski definition) is 2. The van der Waals surface area contributed by atoms with Crippen LogP contribution in [0.3, 0.4) is 0 Å². The van der Waals surface area contributed by atoms with Gasteiger partial charge in [-0.3, -0.25) is 4.79 Å². The average Bonchev–Trinajstić information content (AvgIpc) is 3.33. The van der Waals surface area contributed by atoms with Gasteiger partial charge >= 0.3 is 0 Å². The lowest BCUT2D eigenvalue weighted by molar-refractivity contribution is -0.118. The number of carbonyl (C=O) groups is 1. The molecule has 0 amide bonds. The highest BCUT2D eigenvalue weighted by atomic mass is 16.1. The quantitative estimate of drug-likeness (QED) is 0.440. The Hall–Kier alpha value is -3.67. The molecule has 0 spiro atoms. The van der Waals surface area contributed by atoms with E-state index in [0.717, 1.165) is 54.0 Å². The normalized spacial score (nSPS) is 16.2. The highest BCUT2D eigenvalue weighted by Gasteiger charge is 2.24. The van der Waals surface area contributed by atoms with Crippen molar-refractivity contribution in [1.82, 2.24) is 15.0 Å². The minimum absolute atomic E-state index is 0.247. The van der Waals surface area contributed by atoms with E-state index >= 15 is 0 Å². The summed E-state index contributed by atoms with van der Waals surface area (Å²) in [4.78, 5) is 27.0. The Morgan fingerprint density at radius 1 is 1.06 bits per heavy atom. The Kier molecular flexibility index (Phi) is 5.83. The van der Waals surface area contributed by atoms with E-state index in [2.05, 4.69) is 49.4 Å². The summed E-state index contributed by atoms with van der Waals surface area (Å²) in [7, 11) is 0. The number of hydrogen-bond acceptors (Lipinski definition) is 5. The molecule has 0 aliphatic carbocycles. The second kappa shape index (κ2) is 9.22. The monoisotopic (exact) mass is 425 g/mol. The first-order valence-corrected chi connectivity index (χ1v) is 11.2. The van der Waals surface area contributed by atoms with E-state index in [1.54, 1.807) is 6.33 Å². The van der Waals surface area contributed by atoms with Gasteiger partial charge < -0.3 is 15.2 Å². The highest BCUT2D eigenvalue weighted by Crippen LogP contribution is 2.28. The van der Waals surface area contributed by atoms with Gasteiger partial charge in [0.2, 0.25) is 0 Å². The summed E-state index contributed by atoms with van der Waals surface area (Å²) in [5.41, 5.74) is 4.15. The number of benzene rings is 2. The van der Waals surface area contributed by atoms with Gasteiger partial charge in [-0.2, -0.15) is 0 Å². The highest BCUT2D eigenvalue weighted by molar-refractivity contribution is 5.87. The Bertz CT molecular complexity index is 1200. The van der Waals surface area contributed by atoms with Crippen LogP contribution in [0.25, 0.3) is 22.2 Å². The molecule has 0 radical (unpaired) electrons. The number of anilines is 2. The maximum Gasteiger partial charge on any atom is 0.152 e. The van der Waals surface area contributed by atoms with E-state index < -0.39 is 0 Å². The van der Waals surface area contributed by atoms with E-state index in [-0.39, 0.29) is 5.78 Å². The summed E-state index contributed by atoms with van der Waals surface area (Å²) in [5, 5.41) is 4.36. The number of piperidine rings is 1. The zero-order valence-corrected chi connectivity index (χ0v) is 18.0. The maximum atomic E-state index is 12.7. The predicted octanol–water partition coefficient (Wildman–Crippen LogP) is 4.91. The predicted molar refractivity (Wildman–Crippen MR) is 129 cm³/mol. The van der Waals surface area contributed by atoms with Crippen LogP contribution < -0.4 is 10.2 Å². The molecule has 1 fully saturated rings. The number of rotatable bonds is 7. The fraction of sp³-hybridized carbons (Fsp3) is 0.269. The van der Waals surface area contributed by atoms with Crippen LogP contribution in [0.2, 0.25) is 0 Å². The third-order valence-electron chi connectivity index (χ3n) is 6.13. The number of ketones is 1. The molecule has 3 heterocycles. The third kappa shape index (κ3) is 4.49. The van der Waals surface area contributed by atoms with Crippen molar-refractivity contribution in [3.63, 3.8) is 0 Å². The molecule has 1 unspecified atom stereocenters. The first-order valence-electron chi connectivity index (χ1n) is 11.2. The molecule has 2 aromatic heterocycles. The van der Waals surface area contributed by atoms with Crippen LogP contribution >= 0.6 is 0 Å². The third-order valence-corrected chi connectivity index (χ3v) is 6.13. The van der Waals surface area contributed by atoms with Gasteiger partial charge in [-0.15, -0.1) is 0 Å². The van der Waals surface area contributed by atoms with Crippen molar-refractivity contribution >= 4 is 28.3 Å². The largest absolute Gasteiger partial charge is 0.378 e.